The lowest BCUT2D eigenvalue weighted by molar-refractivity contribution is -0.139. The van der Waals surface area contributed by atoms with Crippen molar-refractivity contribution in [1.82, 2.24) is 9.58 Å². The Morgan fingerprint density at radius 3 is 2.09 bits per heavy atom. The number of fused-ring (bicyclic) bond motifs is 3. The molecule has 0 amide bonds. The first-order chi connectivity index (χ1) is 16.1. The molecule has 2 N–H and O–H groups in total. The van der Waals surface area contributed by atoms with Gasteiger partial charge in [-0.15, -0.1) is 0 Å². The first kappa shape index (κ1) is 22.6. The van der Waals surface area contributed by atoms with E-state index in [4.69, 9.17) is 0 Å². The number of aryl methyl sites for hydroxylation is 2. The van der Waals surface area contributed by atoms with Crippen LogP contribution in [0.15, 0.2) is 53.5 Å². The van der Waals surface area contributed by atoms with E-state index in [0.29, 0.717) is 24.0 Å². The van der Waals surface area contributed by atoms with Crippen LogP contribution in [0.1, 0.15) is 54.8 Å². The highest BCUT2D eigenvalue weighted by Gasteiger charge is 2.46. The minimum Gasteiger partial charge on any atom is -0.503 e. The first-order valence-corrected chi connectivity index (χ1v) is 11.4. The van der Waals surface area contributed by atoms with Crippen LogP contribution < -0.4 is 10.4 Å². The average Bonchev–Trinajstić information content (AvgIpc) is 2.92. The highest BCUT2D eigenvalue weighted by molar-refractivity contribution is 5.48. The lowest BCUT2D eigenvalue weighted by Gasteiger charge is -2.52. The Balaban J connectivity index is 1.83. The summed E-state index contributed by atoms with van der Waals surface area (Å²) in [7, 11) is 0. The van der Waals surface area contributed by atoms with Crippen LogP contribution in [0.3, 0.4) is 0 Å². The number of halogens is 2. The Morgan fingerprint density at radius 2 is 1.56 bits per heavy atom. The molecule has 1 aliphatic heterocycles. The van der Waals surface area contributed by atoms with Crippen LogP contribution >= 0.6 is 0 Å². The molecule has 3 aromatic rings. The zero-order valence-corrected chi connectivity index (χ0v) is 19.3. The van der Waals surface area contributed by atoms with E-state index in [1.807, 2.05) is 18.9 Å². The number of aliphatic hydroxyl groups is 1. The second-order valence-corrected chi connectivity index (χ2v) is 9.48. The summed E-state index contributed by atoms with van der Waals surface area (Å²) >= 11 is 0. The second-order valence-electron chi connectivity index (χ2n) is 9.48. The van der Waals surface area contributed by atoms with Gasteiger partial charge in [-0.25, -0.2) is 13.7 Å². The van der Waals surface area contributed by atoms with Gasteiger partial charge >= 0.3 is 0 Å². The van der Waals surface area contributed by atoms with Gasteiger partial charge in [0.1, 0.15) is 17.3 Å². The minimum absolute atomic E-state index is 0.0140. The lowest BCUT2D eigenvalue weighted by Crippen LogP contribution is -2.62. The standard InChI is InChI=1S/C26H27F2N3O3/c1-15(2)29-14-31(30-11-10-22(32)24(33)25(30)26(29,3)34)23-20-12-18(27)8-6-16(20)4-5-17-7-9-19(28)13-21(17)23/h6-13,15,23,33-34H,4-5,14H2,1-3H3. The van der Waals surface area contributed by atoms with Crippen molar-refractivity contribution in [2.45, 2.75) is 51.4 Å². The fraction of sp³-hybridized carbons (Fsp3) is 0.346. The quantitative estimate of drug-likeness (QED) is 0.604. The molecule has 178 valence electrons. The molecule has 1 aliphatic carbocycles. The number of aromatic hydroxyl groups is 1. The van der Waals surface area contributed by atoms with Gasteiger partial charge in [0.15, 0.2) is 11.5 Å². The van der Waals surface area contributed by atoms with E-state index < -0.39 is 34.6 Å². The smallest absolute Gasteiger partial charge is 0.223 e. The van der Waals surface area contributed by atoms with Crippen molar-refractivity contribution in [2.24, 2.45) is 0 Å². The maximum absolute atomic E-state index is 14.5. The van der Waals surface area contributed by atoms with Crippen LogP contribution in [0, 0.1) is 11.6 Å². The SMILES string of the molecule is CC(C)N1CN(C2c3cc(F)ccc3CCc3ccc(F)cc32)n2ccc(=O)c(O)c2C1(C)O. The van der Waals surface area contributed by atoms with E-state index in [1.54, 1.807) is 21.7 Å². The van der Waals surface area contributed by atoms with Crippen LogP contribution in [-0.4, -0.2) is 32.5 Å². The minimum atomic E-state index is -1.66. The van der Waals surface area contributed by atoms with Crippen LogP contribution in [0.25, 0.3) is 0 Å². The van der Waals surface area contributed by atoms with Gasteiger partial charge in [0.05, 0.1) is 12.7 Å². The number of rotatable bonds is 2. The first-order valence-electron chi connectivity index (χ1n) is 11.4. The van der Waals surface area contributed by atoms with Gasteiger partial charge in [0.2, 0.25) is 5.43 Å². The van der Waals surface area contributed by atoms with E-state index in [2.05, 4.69) is 0 Å². The molecule has 0 spiro atoms. The zero-order valence-electron chi connectivity index (χ0n) is 19.3. The van der Waals surface area contributed by atoms with Crippen molar-refractivity contribution >= 4 is 0 Å². The second kappa shape index (κ2) is 7.92. The molecule has 5 rings (SSSR count). The molecule has 0 fully saturated rings. The summed E-state index contributed by atoms with van der Waals surface area (Å²) in [6.07, 6.45) is 2.81. The van der Waals surface area contributed by atoms with Gasteiger partial charge in [-0.05, 0) is 80.1 Å². The molecule has 0 saturated carbocycles. The topological polar surface area (TPSA) is 68.9 Å². The molecule has 0 bridgehead atoms. The molecule has 8 heteroatoms. The normalized spacial score (nSPS) is 20.6. The summed E-state index contributed by atoms with van der Waals surface area (Å²) in [6.45, 7) is 5.50. The Labute approximate surface area is 196 Å². The third kappa shape index (κ3) is 3.40. The fourth-order valence-electron chi connectivity index (χ4n) is 5.40. The molecule has 1 atom stereocenters. The largest absolute Gasteiger partial charge is 0.503 e. The van der Waals surface area contributed by atoms with Gasteiger partial charge in [-0.1, -0.05) is 12.1 Å². The maximum atomic E-state index is 14.5. The Bertz CT molecular complexity index is 1280. The van der Waals surface area contributed by atoms with Gasteiger partial charge in [-0.3, -0.25) is 14.5 Å². The Kier molecular flexibility index (Phi) is 5.26. The third-order valence-electron chi connectivity index (χ3n) is 7.03. The summed E-state index contributed by atoms with van der Waals surface area (Å²) < 4.78 is 30.6. The van der Waals surface area contributed by atoms with Crippen molar-refractivity contribution in [3.8, 4) is 5.75 Å². The average molecular weight is 468 g/mol. The van der Waals surface area contributed by atoms with Gasteiger partial charge < -0.3 is 10.2 Å². The number of hydrogen-bond donors (Lipinski definition) is 2. The summed E-state index contributed by atoms with van der Waals surface area (Å²) in [5, 5.41) is 24.1. The van der Waals surface area contributed by atoms with Crippen LogP contribution in [0.4, 0.5) is 8.78 Å². The van der Waals surface area contributed by atoms with E-state index in [-0.39, 0.29) is 18.4 Å². The molecular weight excluding hydrogens is 440 g/mol. The predicted octanol–water partition coefficient (Wildman–Crippen LogP) is 3.50. The third-order valence-corrected chi connectivity index (χ3v) is 7.03. The molecule has 0 radical (unpaired) electrons. The van der Waals surface area contributed by atoms with E-state index in [9.17, 15) is 23.8 Å². The number of aromatic nitrogens is 1. The van der Waals surface area contributed by atoms with Crippen molar-refractivity contribution in [3.63, 3.8) is 0 Å². The molecule has 1 aromatic heterocycles. The van der Waals surface area contributed by atoms with E-state index in [1.165, 1.54) is 43.5 Å². The Morgan fingerprint density at radius 1 is 1.00 bits per heavy atom. The number of hydrogen-bond acceptors (Lipinski definition) is 5. The Hall–Kier alpha value is -3.23. The van der Waals surface area contributed by atoms with Crippen LogP contribution in [-0.2, 0) is 18.6 Å². The molecule has 34 heavy (non-hydrogen) atoms. The van der Waals surface area contributed by atoms with E-state index in [0.717, 1.165) is 11.1 Å². The lowest BCUT2D eigenvalue weighted by atomic mass is 9.93. The molecule has 2 heterocycles. The highest BCUT2D eigenvalue weighted by Crippen LogP contribution is 2.42. The van der Waals surface area contributed by atoms with Crippen molar-refractivity contribution in [1.29, 1.82) is 0 Å². The van der Waals surface area contributed by atoms with Crippen LogP contribution in [0.2, 0.25) is 0 Å². The van der Waals surface area contributed by atoms with Gasteiger partial charge in [0, 0.05) is 18.3 Å². The number of nitrogens with zero attached hydrogens (tertiary/aromatic N) is 3. The summed E-state index contributed by atoms with van der Waals surface area (Å²) in [6, 6.07) is 9.71. The van der Waals surface area contributed by atoms with Crippen molar-refractivity contribution in [3.05, 3.63) is 98.5 Å². The van der Waals surface area contributed by atoms with Crippen LogP contribution in [0.5, 0.6) is 5.75 Å². The van der Waals surface area contributed by atoms with E-state index >= 15 is 0 Å². The monoisotopic (exact) mass is 467 g/mol. The fourth-order valence-corrected chi connectivity index (χ4v) is 5.40. The predicted molar refractivity (Wildman–Crippen MR) is 124 cm³/mol. The molecule has 0 saturated heterocycles. The van der Waals surface area contributed by atoms with Gasteiger partial charge in [0.25, 0.3) is 0 Å². The maximum Gasteiger partial charge on any atom is 0.223 e. The highest BCUT2D eigenvalue weighted by atomic mass is 19.1. The zero-order chi connectivity index (χ0) is 24.4. The number of benzene rings is 2. The summed E-state index contributed by atoms with van der Waals surface area (Å²) in [4.78, 5) is 14.1. The molecule has 2 aromatic carbocycles. The summed E-state index contributed by atoms with van der Waals surface area (Å²) in [5.74, 6) is -1.37. The van der Waals surface area contributed by atoms with Crippen molar-refractivity contribution in [2.75, 3.05) is 11.7 Å². The molecular formula is C26H27F2N3O3. The van der Waals surface area contributed by atoms with Gasteiger partial charge in [-0.2, -0.15) is 0 Å². The van der Waals surface area contributed by atoms with Crippen molar-refractivity contribution < 1.29 is 19.0 Å². The molecule has 6 nitrogen and oxygen atoms in total. The molecule has 2 aliphatic rings. The summed E-state index contributed by atoms with van der Waals surface area (Å²) in [5.41, 5.74) is 0.968. The number of pyridine rings is 1. The molecule has 1 unspecified atom stereocenters.